The molecule has 0 fully saturated rings. The first-order valence-electron chi connectivity index (χ1n) is 6.25. The predicted molar refractivity (Wildman–Crippen MR) is 82.8 cm³/mol. The smallest absolute Gasteiger partial charge is 0.306 e. The summed E-state index contributed by atoms with van der Waals surface area (Å²) in [5, 5.41) is 2.61. The van der Waals surface area contributed by atoms with E-state index in [1.54, 1.807) is 20.8 Å². The molecular formula is C14H16BrClFNO3. The second kappa shape index (κ2) is 7.22. The number of hydrogen-bond donors (Lipinski definition) is 1. The van der Waals surface area contributed by atoms with E-state index in [2.05, 4.69) is 21.2 Å². The summed E-state index contributed by atoms with van der Waals surface area (Å²) in [7, 11) is 0. The van der Waals surface area contributed by atoms with Gasteiger partial charge in [-0.05, 0) is 48.8 Å². The van der Waals surface area contributed by atoms with Crippen molar-refractivity contribution in [3.63, 3.8) is 0 Å². The highest BCUT2D eigenvalue weighted by molar-refractivity contribution is 9.10. The molecule has 1 aromatic carbocycles. The Morgan fingerprint density at radius 3 is 2.48 bits per heavy atom. The summed E-state index contributed by atoms with van der Waals surface area (Å²) in [4.78, 5) is 23.3. The van der Waals surface area contributed by atoms with Crippen molar-refractivity contribution in [3.8, 4) is 0 Å². The Morgan fingerprint density at radius 2 is 1.95 bits per heavy atom. The van der Waals surface area contributed by atoms with Crippen LogP contribution in [0.1, 0.15) is 33.6 Å². The summed E-state index contributed by atoms with van der Waals surface area (Å²) in [6.45, 7) is 5.25. The summed E-state index contributed by atoms with van der Waals surface area (Å²) in [5.74, 6) is -1.38. The number of hydrogen-bond acceptors (Lipinski definition) is 3. The van der Waals surface area contributed by atoms with Crippen LogP contribution < -0.4 is 5.32 Å². The van der Waals surface area contributed by atoms with Crippen LogP contribution in [0.15, 0.2) is 16.6 Å². The number of benzene rings is 1. The average molecular weight is 381 g/mol. The van der Waals surface area contributed by atoms with E-state index < -0.39 is 23.3 Å². The zero-order valence-electron chi connectivity index (χ0n) is 11.9. The lowest BCUT2D eigenvalue weighted by Gasteiger charge is -2.19. The molecule has 0 saturated carbocycles. The van der Waals surface area contributed by atoms with Crippen LogP contribution in [0.25, 0.3) is 0 Å². The first kappa shape index (κ1) is 17.9. The van der Waals surface area contributed by atoms with Gasteiger partial charge in [-0.3, -0.25) is 9.59 Å². The molecule has 1 aromatic rings. The average Bonchev–Trinajstić information content (AvgIpc) is 2.29. The molecule has 0 aliphatic heterocycles. The van der Waals surface area contributed by atoms with Crippen molar-refractivity contribution in [2.45, 2.75) is 39.2 Å². The van der Waals surface area contributed by atoms with E-state index in [1.807, 2.05) is 0 Å². The maximum atomic E-state index is 13.1. The normalized spacial score (nSPS) is 11.1. The van der Waals surface area contributed by atoms with Crippen molar-refractivity contribution in [3.05, 3.63) is 27.4 Å². The van der Waals surface area contributed by atoms with Crippen LogP contribution in [0.5, 0.6) is 0 Å². The fourth-order valence-electron chi connectivity index (χ4n) is 1.47. The summed E-state index contributed by atoms with van der Waals surface area (Å²) in [5.41, 5.74) is -0.316. The van der Waals surface area contributed by atoms with E-state index in [0.717, 1.165) is 6.07 Å². The van der Waals surface area contributed by atoms with Gasteiger partial charge in [-0.15, -0.1) is 0 Å². The van der Waals surface area contributed by atoms with Gasteiger partial charge in [0.05, 0.1) is 17.1 Å². The van der Waals surface area contributed by atoms with Crippen LogP contribution in [0, 0.1) is 5.82 Å². The molecule has 0 aliphatic carbocycles. The zero-order chi connectivity index (χ0) is 16.2. The molecule has 0 heterocycles. The standard InChI is InChI=1S/C14H16BrClFNO3/c1-14(2,3)21-12(20)5-4-11(19)18-13-9(15)6-8(17)7-10(13)16/h6-7H,4-5H2,1-3H3,(H,18,19). The highest BCUT2D eigenvalue weighted by atomic mass is 79.9. The maximum Gasteiger partial charge on any atom is 0.306 e. The molecular weight excluding hydrogens is 365 g/mol. The molecule has 4 nitrogen and oxygen atoms in total. The maximum absolute atomic E-state index is 13.1. The fourth-order valence-corrected chi connectivity index (χ4v) is 2.37. The van der Waals surface area contributed by atoms with Crippen LogP contribution in [0.4, 0.5) is 10.1 Å². The minimum Gasteiger partial charge on any atom is -0.460 e. The molecule has 0 spiro atoms. The molecule has 0 radical (unpaired) electrons. The van der Waals surface area contributed by atoms with Gasteiger partial charge in [-0.2, -0.15) is 0 Å². The summed E-state index contributed by atoms with van der Waals surface area (Å²) >= 11 is 8.97. The quantitative estimate of drug-likeness (QED) is 0.792. The minimum atomic E-state index is -0.586. The van der Waals surface area contributed by atoms with E-state index in [0.29, 0.717) is 4.47 Å². The van der Waals surface area contributed by atoms with E-state index in [-0.39, 0.29) is 23.6 Å². The first-order valence-corrected chi connectivity index (χ1v) is 7.42. The van der Waals surface area contributed by atoms with Crippen molar-refractivity contribution in [2.24, 2.45) is 0 Å². The number of rotatable bonds is 4. The largest absolute Gasteiger partial charge is 0.460 e. The van der Waals surface area contributed by atoms with Gasteiger partial charge >= 0.3 is 5.97 Å². The van der Waals surface area contributed by atoms with E-state index in [1.165, 1.54) is 6.07 Å². The van der Waals surface area contributed by atoms with Crippen LogP contribution in [-0.2, 0) is 14.3 Å². The van der Waals surface area contributed by atoms with Gasteiger partial charge in [0.15, 0.2) is 0 Å². The Hall–Kier alpha value is -1.14. The van der Waals surface area contributed by atoms with Gasteiger partial charge in [0.25, 0.3) is 0 Å². The summed E-state index contributed by atoms with van der Waals surface area (Å²) < 4.78 is 18.5. The third-order valence-corrected chi connectivity index (χ3v) is 3.17. The van der Waals surface area contributed by atoms with Crippen LogP contribution in [-0.4, -0.2) is 17.5 Å². The Labute approximate surface area is 136 Å². The van der Waals surface area contributed by atoms with Crippen molar-refractivity contribution in [1.82, 2.24) is 0 Å². The number of anilines is 1. The Kier molecular flexibility index (Phi) is 6.16. The fraction of sp³-hybridized carbons (Fsp3) is 0.429. The van der Waals surface area contributed by atoms with Crippen molar-refractivity contribution in [2.75, 3.05) is 5.32 Å². The SMILES string of the molecule is CC(C)(C)OC(=O)CCC(=O)Nc1c(Cl)cc(F)cc1Br. The predicted octanol–water partition coefficient (Wildman–Crippen LogP) is 4.30. The topological polar surface area (TPSA) is 55.4 Å². The molecule has 7 heteroatoms. The van der Waals surface area contributed by atoms with Gasteiger partial charge in [-0.25, -0.2) is 4.39 Å². The molecule has 0 unspecified atom stereocenters. The van der Waals surface area contributed by atoms with Gasteiger partial charge in [0, 0.05) is 10.9 Å². The lowest BCUT2D eigenvalue weighted by atomic mass is 10.2. The molecule has 0 atom stereocenters. The first-order chi connectivity index (χ1) is 9.58. The number of halogens is 3. The van der Waals surface area contributed by atoms with E-state index in [9.17, 15) is 14.0 Å². The molecule has 21 heavy (non-hydrogen) atoms. The van der Waals surface area contributed by atoms with E-state index >= 15 is 0 Å². The third-order valence-electron chi connectivity index (χ3n) is 2.25. The summed E-state index contributed by atoms with van der Waals surface area (Å²) in [6.07, 6.45) is -0.0887. The monoisotopic (exact) mass is 379 g/mol. The van der Waals surface area contributed by atoms with E-state index in [4.69, 9.17) is 16.3 Å². The van der Waals surface area contributed by atoms with Crippen molar-refractivity contribution in [1.29, 1.82) is 0 Å². The molecule has 1 rings (SSSR count). The Bertz CT molecular complexity index is 535. The number of esters is 1. The second-order valence-electron chi connectivity index (χ2n) is 5.38. The van der Waals surface area contributed by atoms with Crippen LogP contribution >= 0.6 is 27.5 Å². The number of amides is 1. The van der Waals surface area contributed by atoms with Gasteiger partial charge < -0.3 is 10.1 Å². The molecule has 0 aromatic heterocycles. The third kappa shape index (κ3) is 6.44. The molecule has 0 aliphatic rings. The Balaban J connectivity index is 2.57. The van der Waals surface area contributed by atoms with Crippen LogP contribution in [0.2, 0.25) is 5.02 Å². The lowest BCUT2D eigenvalue weighted by Crippen LogP contribution is -2.24. The van der Waals surface area contributed by atoms with Crippen molar-refractivity contribution < 1.29 is 18.7 Å². The number of nitrogens with one attached hydrogen (secondary N) is 1. The minimum absolute atomic E-state index is 0.0421. The highest BCUT2D eigenvalue weighted by Crippen LogP contribution is 2.31. The zero-order valence-corrected chi connectivity index (χ0v) is 14.3. The second-order valence-corrected chi connectivity index (χ2v) is 6.64. The molecule has 116 valence electrons. The number of ether oxygens (including phenoxy) is 1. The molecule has 1 N–H and O–H groups in total. The molecule has 0 bridgehead atoms. The summed E-state index contributed by atoms with van der Waals surface area (Å²) in [6, 6.07) is 2.28. The number of carbonyl (C=O) groups is 2. The van der Waals surface area contributed by atoms with Crippen molar-refractivity contribution >= 4 is 45.1 Å². The molecule has 1 amide bonds. The Morgan fingerprint density at radius 1 is 1.33 bits per heavy atom. The van der Waals surface area contributed by atoms with Gasteiger partial charge in [0.1, 0.15) is 11.4 Å². The van der Waals surface area contributed by atoms with Gasteiger partial charge in [-0.1, -0.05) is 11.6 Å². The van der Waals surface area contributed by atoms with Crippen LogP contribution in [0.3, 0.4) is 0 Å². The lowest BCUT2D eigenvalue weighted by molar-refractivity contribution is -0.155. The number of carbonyl (C=O) groups excluding carboxylic acids is 2. The molecule has 0 saturated heterocycles. The highest BCUT2D eigenvalue weighted by Gasteiger charge is 2.18. The van der Waals surface area contributed by atoms with Gasteiger partial charge in [0.2, 0.25) is 5.91 Å².